The van der Waals surface area contributed by atoms with Crippen molar-refractivity contribution < 1.29 is 28.6 Å². The average molecular weight is 461 g/mol. The van der Waals surface area contributed by atoms with Gasteiger partial charge in [-0.25, -0.2) is 9.59 Å². The third kappa shape index (κ3) is 5.21. The predicted octanol–water partition coefficient (Wildman–Crippen LogP) is 3.94. The fourth-order valence-corrected chi connectivity index (χ4v) is 4.96. The molecule has 8 nitrogen and oxygen atoms in total. The second kappa shape index (κ2) is 10.5. The molecule has 0 aliphatic carbocycles. The van der Waals surface area contributed by atoms with Gasteiger partial charge in [0.05, 0.1) is 38.9 Å². The van der Waals surface area contributed by atoms with Crippen LogP contribution in [0.15, 0.2) is 18.2 Å². The van der Waals surface area contributed by atoms with E-state index in [1.165, 1.54) is 11.3 Å². The van der Waals surface area contributed by atoms with E-state index in [9.17, 15) is 14.4 Å². The Kier molecular flexibility index (Phi) is 7.74. The van der Waals surface area contributed by atoms with Crippen molar-refractivity contribution in [1.29, 1.82) is 0 Å². The van der Waals surface area contributed by atoms with Crippen molar-refractivity contribution in [1.82, 2.24) is 4.90 Å². The number of hydrogen-bond donors (Lipinski definition) is 1. The summed E-state index contributed by atoms with van der Waals surface area (Å²) >= 11 is 1.30. The fourth-order valence-electron chi connectivity index (χ4n) is 3.69. The highest BCUT2D eigenvalue weighted by molar-refractivity contribution is 7.17. The summed E-state index contributed by atoms with van der Waals surface area (Å²) in [5.74, 6) is 0.0574. The summed E-state index contributed by atoms with van der Waals surface area (Å²) in [6.07, 6.45) is 0.265. The number of fused-ring (bicyclic) bond motifs is 1. The Morgan fingerprint density at radius 1 is 1.16 bits per heavy atom. The first-order chi connectivity index (χ1) is 15.4. The number of hydrogen-bond acceptors (Lipinski definition) is 7. The fraction of sp³-hybridized carbons (Fsp3) is 0.435. The summed E-state index contributed by atoms with van der Waals surface area (Å²) in [6.45, 7) is 6.72. The first kappa shape index (κ1) is 23.6. The number of ether oxygens (including phenoxy) is 3. The highest BCUT2D eigenvalue weighted by Crippen LogP contribution is 2.38. The summed E-state index contributed by atoms with van der Waals surface area (Å²) in [7, 11) is 1.60. The van der Waals surface area contributed by atoms with Crippen molar-refractivity contribution in [2.24, 2.45) is 0 Å². The van der Waals surface area contributed by atoms with Crippen LogP contribution in [0.5, 0.6) is 5.75 Å². The number of amides is 2. The van der Waals surface area contributed by atoms with Crippen LogP contribution < -0.4 is 10.1 Å². The number of carbonyl (C=O) groups is 3. The molecular weight excluding hydrogens is 432 g/mol. The molecule has 2 heterocycles. The van der Waals surface area contributed by atoms with Gasteiger partial charge in [0.15, 0.2) is 0 Å². The van der Waals surface area contributed by atoms with Crippen molar-refractivity contribution in [3.63, 3.8) is 0 Å². The molecule has 0 bridgehead atoms. The normalized spacial score (nSPS) is 12.7. The molecule has 1 aromatic carbocycles. The van der Waals surface area contributed by atoms with Crippen molar-refractivity contribution in [2.45, 2.75) is 40.2 Å². The molecule has 2 aromatic rings. The van der Waals surface area contributed by atoms with Crippen LogP contribution in [0.25, 0.3) is 0 Å². The first-order valence-corrected chi connectivity index (χ1v) is 11.4. The number of benzene rings is 1. The maximum Gasteiger partial charge on any atom is 0.410 e. The number of anilines is 1. The van der Waals surface area contributed by atoms with Crippen LogP contribution in [0.3, 0.4) is 0 Å². The summed E-state index contributed by atoms with van der Waals surface area (Å²) in [4.78, 5) is 40.0. The van der Waals surface area contributed by atoms with Gasteiger partial charge in [0.25, 0.3) is 0 Å². The molecule has 172 valence electrons. The molecule has 1 N–H and O–H groups in total. The van der Waals surface area contributed by atoms with Gasteiger partial charge in [-0.05, 0) is 49.9 Å². The molecule has 0 radical (unpaired) electrons. The Balaban J connectivity index is 1.82. The topological polar surface area (TPSA) is 94.2 Å². The molecule has 1 aliphatic heterocycles. The third-order valence-electron chi connectivity index (χ3n) is 5.14. The smallest absolute Gasteiger partial charge is 0.410 e. The van der Waals surface area contributed by atoms with Gasteiger partial charge in [0, 0.05) is 11.4 Å². The first-order valence-electron chi connectivity index (χ1n) is 10.5. The zero-order chi connectivity index (χ0) is 23.3. The number of rotatable bonds is 7. The van der Waals surface area contributed by atoms with Gasteiger partial charge in [0.1, 0.15) is 10.8 Å². The molecule has 2 amide bonds. The largest absolute Gasteiger partial charge is 0.496 e. The van der Waals surface area contributed by atoms with Gasteiger partial charge in [0.2, 0.25) is 5.91 Å². The van der Waals surface area contributed by atoms with E-state index in [0.717, 1.165) is 27.3 Å². The van der Waals surface area contributed by atoms with Crippen LogP contribution in [-0.4, -0.2) is 49.7 Å². The molecule has 0 atom stereocenters. The molecule has 0 saturated carbocycles. The van der Waals surface area contributed by atoms with Gasteiger partial charge >= 0.3 is 12.1 Å². The summed E-state index contributed by atoms with van der Waals surface area (Å²) in [5, 5.41) is 3.34. The lowest BCUT2D eigenvalue weighted by Crippen LogP contribution is -2.36. The number of methoxy groups -OCH3 is 1. The van der Waals surface area contributed by atoms with Crippen LogP contribution in [0.1, 0.15) is 45.8 Å². The molecule has 0 saturated heterocycles. The monoisotopic (exact) mass is 460 g/mol. The van der Waals surface area contributed by atoms with Crippen LogP contribution in [-0.2, 0) is 33.7 Å². The van der Waals surface area contributed by atoms with E-state index in [4.69, 9.17) is 14.2 Å². The molecule has 3 rings (SSSR count). The minimum atomic E-state index is -0.467. The van der Waals surface area contributed by atoms with Crippen molar-refractivity contribution in [3.05, 3.63) is 45.3 Å². The molecule has 0 spiro atoms. The molecule has 9 heteroatoms. The average Bonchev–Trinajstić information content (AvgIpc) is 3.11. The Morgan fingerprint density at radius 3 is 2.56 bits per heavy atom. The number of nitrogens with zero attached hydrogens (tertiary/aromatic N) is 1. The Morgan fingerprint density at radius 2 is 1.91 bits per heavy atom. The number of thiophene rings is 1. The predicted molar refractivity (Wildman–Crippen MR) is 121 cm³/mol. The van der Waals surface area contributed by atoms with Gasteiger partial charge in [-0.3, -0.25) is 4.79 Å². The SMILES string of the molecule is CCOC(=O)c1c(NC(=O)Cc2ccc(OC)c(C)c2)sc2c1CCN(C(=O)OCC)C2. The Bertz CT molecular complexity index is 1020. The standard InChI is InChI=1S/C23H28N2O6S/c1-5-30-22(27)20-16-9-10-25(23(28)31-6-2)13-18(16)32-21(20)24-19(26)12-15-7-8-17(29-4)14(3)11-15/h7-8,11H,5-6,9-10,12-13H2,1-4H3,(H,24,26). The summed E-state index contributed by atoms with van der Waals surface area (Å²) < 4.78 is 15.6. The second-order valence-electron chi connectivity index (χ2n) is 7.33. The van der Waals surface area contributed by atoms with E-state index in [0.29, 0.717) is 36.7 Å². The lowest BCUT2D eigenvalue weighted by atomic mass is 10.0. The lowest BCUT2D eigenvalue weighted by Gasteiger charge is -2.26. The molecule has 0 fully saturated rings. The van der Waals surface area contributed by atoms with E-state index in [1.54, 1.807) is 25.9 Å². The maximum absolute atomic E-state index is 12.8. The quantitative estimate of drug-likeness (QED) is 0.629. The van der Waals surface area contributed by atoms with Crippen molar-refractivity contribution in [3.8, 4) is 5.75 Å². The van der Waals surface area contributed by atoms with E-state index >= 15 is 0 Å². The van der Waals surface area contributed by atoms with Crippen LogP contribution in [0, 0.1) is 6.92 Å². The third-order valence-corrected chi connectivity index (χ3v) is 6.27. The van der Waals surface area contributed by atoms with Crippen LogP contribution in [0.2, 0.25) is 0 Å². The zero-order valence-electron chi connectivity index (χ0n) is 18.8. The molecule has 0 unspecified atom stereocenters. The van der Waals surface area contributed by atoms with Crippen molar-refractivity contribution in [2.75, 3.05) is 32.2 Å². The van der Waals surface area contributed by atoms with E-state index in [1.807, 2.05) is 25.1 Å². The Labute approximate surface area is 191 Å². The number of nitrogens with one attached hydrogen (secondary N) is 1. The van der Waals surface area contributed by atoms with Gasteiger partial charge in [-0.1, -0.05) is 12.1 Å². The van der Waals surface area contributed by atoms with Gasteiger partial charge < -0.3 is 24.4 Å². The molecular formula is C23H28N2O6S. The number of esters is 1. The highest BCUT2D eigenvalue weighted by Gasteiger charge is 2.31. The number of aryl methyl sites for hydroxylation is 1. The highest BCUT2D eigenvalue weighted by atomic mass is 32.1. The van der Waals surface area contributed by atoms with E-state index in [2.05, 4.69) is 5.32 Å². The van der Waals surface area contributed by atoms with Crippen LogP contribution in [0.4, 0.5) is 9.80 Å². The molecule has 32 heavy (non-hydrogen) atoms. The van der Waals surface area contributed by atoms with Crippen LogP contribution >= 0.6 is 11.3 Å². The summed E-state index contributed by atoms with van der Waals surface area (Å²) in [5.41, 5.74) is 2.99. The summed E-state index contributed by atoms with van der Waals surface area (Å²) in [6, 6.07) is 5.57. The second-order valence-corrected chi connectivity index (χ2v) is 8.43. The van der Waals surface area contributed by atoms with E-state index < -0.39 is 5.97 Å². The van der Waals surface area contributed by atoms with Gasteiger partial charge in [-0.2, -0.15) is 0 Å². The minimum Gasteiger partial charge on any atom is -0.496 e. The minimum absolute atomic E-state index is 0.157. The molecule has 1 aromatic heterocycles. The van der Waals surface area contributed by atoms with Gasteiger partial charge in [-0.15, -0.1) is 11.3 Å². The number of carbonyl (C=O) groups excluding carboxylic acids is 3. The van der Waals surface area contributed by atoms with Crippen molar-refractivity contribution >= 4 is 34.3 Å². The van der Waals surface area contributed by atoms with E-state index in [-0.39, 0.29) is 25.0 Å². The maximum atomic E-state index is 12.8. The lowest BCUT2D eigenvalue weighted by molar-refractivity contribution is -0.115. The Hall–Kier alpha value is -3.07. The zero-order valence-corrected chi connectivity index (χ0v) is 19.6. The molecule has 1 aliphatic rings.